The minimum Gasteiger partial charge on any atom is -0.480 e. The summed E-state index contributed by atoms with van der Waals surface area (Å²) in [5, 5.41) is 15.1. The molecule has 0 aliphatic carbocycles. The van der Waals surface area contributed by atoms with E-state index in [0.29, 0.717) is 5.39 Å². The normalized spacial score (nSPS) is 12.1. The smallest absolute Gasteiger partial charge is 0.480 e. The van der Waals surface area contributed by atoms with Gasteiger partial charge in [0.05, 0.1) is 11.2 Å². The molecule has 1 aromatic carbocycles. The van der Waals surface area contributed by atoms with Gasteiger partial charge in [-0.3, -0.25) is 14.8 Å². The van der Waals surface area contributed by atoms with Crippen molar-refractivity contribution in [3.05, 3.63) is 18.3 Å². The number of amides is 1. The Morgan fingerprint density at radius 3 is 2.46 bits per heavy atom. The molecular weight excluding hydrogens is 359 g/mol. The molecule has 0 atom stereocenters. The number of hydrogen-bond donors (Lipinski definition) is 2. The summed E-state index contributed by atoms with van der Waals surface area (Å²) in [7, 11) is 0. The van der Waals surface area contributed by atoms with E-state index in [0.717, 1.165) is 10.7 Å². The number of hydrogen-bond acceptors (Lipinski definition) is 5. The summed E-state index contributed by atoms with van der Waals surface area (Å²) in [4.78, 5) is 22.6. The van der Waals surface area contributed by atoms with Gasteiger partial charge in [0.1, 0.15) is 12.1 Å². The molecule has 8 nitrogen and oxygen atoms in total. The Hall–Kier alpha value is -2.98. The SMILES string of the molecule is CC(C)(C)OC(=O)Nc1cc2cn(CC(=O)O)nc2cc1OC(F)(F)F. The van der Waals surface area contributed by atoms with Crippen LogP contribution >= 0.6 is 0 Å². The van der Waals surface area contributed by atoms with Crippen molar-refractivity contribution in [3.8, 4) is 5.75 Å². The number of carbonyl (C=O) groups excluding carboxylic acids is 1. The lowest BCUT2D eigenvalue weighted by atomic mass is 10.2. The highest BCUT2D eigenvalue weighted by Gasteiger charge is 2.33. The number of fused-ring (bicyclic) bond motifs is 1. The third-order valence-corrected chi connectivity index (χ3v) is 2.81. The number of aromatic nitrogens is 2. The molecule has 1 heterocycles. The fourth-order valence-electron chi connectivity index (χ4n) is 2.04. The molecule has 0 radical (unpaired) electrons. The van der Waals surface area contributed by atoms with E-state index in [9.17, 15) is 22.8 Å². The Morgan fingerprint density at radius 2 is 1.92 bits per heavy atom. The van der Waals surface area contributed by atoms with Gasteiger partial charge in [0.2, 0.25) is 0 Å². The number of carboxylic acid groups (broad SMARTS) is 1. The lowest BCUT2D eigenvalue weighted by molar-refractivity contribution is -0.274. The predicted octanol–water partition coefficient (Wildman–Crippen LogP) is 3.37. The highest BCUT2D eigenvalue weighted by Crippen LogP contribution is 2.34. The van der Waals surface area contributed by atoms with Gasteiger partial charge in [0, 0.05) is 17.6 Å². The van der Waals surface area contributed by atoms with Crippen molar-refractivity contribution in [3.63, 3.8) is 0 Å². The van der Waals surface area contributed by atoms with Gasteiger partial charge in [-0.15, -0.1) is 13.2 Å². The summed E-state index contributed by atoms with van der Waals surface area (Å²) in [5.74, 6) is -1.87. The van der Waals surface area contributed by atoms with Crippen molar-refractivity contribution >= 4 is 28.7 Å². The molecule has 142 valence electrons. The number of aliphatic carboxylic acids is 1. The molecule has 0 aliphatic rings. The number of carboxylic acids is 1. The van der Waals surface area contributed by atoms with Crippen LogP contribution in [-0.4, -0.2) is 38.9 Å². The van der Waals surface area contributed by atoms with Crippen LogP contribution in [0, 0.1) is 0 Å². The molecule has 0 spiro atoms. The van der Waals surface area contributed by atoms with E-state index in [2.05, 4.69) is 15.2 Å². The van der Waals surface area contributed by atoms with Crippen LogP contribution in [0.15, 0.2) is 18.3 Å². The molecule has 2 rings (SSSR count). The second kappa shape index (κ2) is 6.73. The predicted molar refractivity (Wildman–Crippen MR) is 83.9 cm³/mol. The van der Waals surface area contributed by atoms with Gasteiger partial charge in [-0.05, 0) is 26.8 Å². The second-order valence-electron chi connectivity index (χ2n) is 6.30. The van der Waals surface area contributed by atoms with Crippen LogP contribution in [0.2, 0.25) is 0 Å². The fourth-order valence-corrected chi connectivity index (χ4v) is 2.04. The highest BCUT2D eigenvalue weighted by atomic mass is 19.4. The number of halogens is 3. The van der Waals surface area contributed by atoms with Crippen LogP contribution in [0.1, 0.15) is 20.8 Å². The van der Waals surface area contributed by atoms with E-state index in [-0.39, 0.29) is 11.2 Å². The van der Waals surface area contributed by atoms with Crippen molar-refractivity contribution in [2.45, 2.75) is 39.3 Å². The Bertz CT molecular complexity index is 839. The summed E-state index contributed by atoms with van der Waals surface area (Å²) in [6, 6.07) is 2.14. The van der Waals surface area contributed by atoms with Crippen molar-refractivity contribution in [2.24, 2.45) is 0 Å². The zero-order valence-corrected chi connectivity index (χ0v) is 14.0. The standard InChI is InChI=1S/C15H16F3N3O5/c1-14(2,3)26-13(24)19-10-4-8-6-21(7-12(22)23)20-9(8)5-11(10)25-15(16,17)18/h4-6H,7H2,1-3H3,(H,19,24)(H,22,23). The van der Waals surface area contributed by atoms with Crippen molar-refractivity contribution < 1.29 is 37.3 Å². The minimum absolute atomic E-state index is 0.0697. The molecular formula is C15H16F3N3O5. The number of nitrogens with zero attached hydrogens (tertiary/aromatic N) is 2. The molecule has 0 bridgehead atoms. The number of alkyl halides is 3. The molecule has 0 saturated carbocycles. The summed E-state index contributed by atoms with van der Waals surface area (Å²) < 4.78 is 47.9. The van der Waals surface area contributed by atoms with Gasteiger partial charge in [-0.2, -0.15) is 5.10 Å². The summed E-state index contributed by atoms with van der Waals surface area (Å²) in [6.45, 7) is 4.31. The first-order valence-corrected chi connectivity index (χ1v) is 7.31. The molecule has 0 fully saturated rings. The quantitative estimate of drug-likeness (QED) is 0.849. The molecule has 1 amide bonds. The zero-order valence-electron chi connectivity index (χ0n) is 14.0. The highest BCUT2D eigenvalue weighted by molar-refractivity contribution is 5.93. The fraction of sp³-hybridized carbons (Fsp3) is 0.400. The Labute approximate surface area is 145 Å². The summed E-state index contributed by atoms with van der Waals surface area (Å²) >= 11 is 0. The summed E-state index contributed by atoms with van der Waals surface area (Å²) in [6.07, 6.45) is -4.65. The molecule has 0 aliphatic heterocycles. The van der Waals surface area contributed by atoms with E-state index in [4.69, 9.17) is 9.84 Å². The average Bonchev–Trinajstić information content (AvgIpc) is 2.74. The molecule has 0 unspecified atom stereocenters. The van der Waals surface area contributed by atoms with Crippen molar-refractivity contribution in [1.29, 1.82) is 0 Å². The van der Waals surface area contributed by atoms with E-state index < -0.39 is 36.3 Å². The molecule has 2 aromatic rings. The van der Waals surface area contributed by atoms with Crippen LogP contribution in [0.25, 0.3) is 10.9 Å². The number of ether oxygens (including phenoxy) is 2. The summed E-state index contributed by atoms with van der Waals surface area (Å²) in [5.41, 5.74) is -1.08. The van der Waals surface area contributed by atoms with Gasteiger partial charge < -0.3 is 14.6 Å². The van der Waals surface area contributed by atoms with Gasteiger partial charge in [0.25, 0.3) is 0 Å². The first-order chi connectivity index (χ1) is 11.8. The molecule has 2 N–H and O–H groups in total. The zero-order chi connectivity index (χ0) is 19.7. The van der Waals surface area contributed by atoms with Crippen LogP contribution in [-0.2, 0) is 16.1 Å². The lowest BCUT2D eigenvalue weighted by Crippen LogP contribution is -2.27. The minimum atomic E-state index is -5.00. The maximum Gasteiger partial charge on any atom is 0.573 e. The third-order valence-electron chi connectivity index (χ3n) is 2.81. The Kier molecular flexibility index (Phi) is 5.01. The van der Waals surface area contributed by atoms with Gasteiger partial charge in [0.15, 0.2) is 5.75 Å². The van der Waals surface area contributed by atoms with E-state index in [1.807, 2.05) is 0 Å². The number of rotatable bonds is 4. The number of nitrogens with one attached hydrogen (secondary N) is 1. The van der Waals surface area contributed by atoms with Crippen LogP contribution in [0.5, 0.6) is 5.75 Å². The Morgan fingerprint density at radius 1 is 1.27 bits per heavy atom. The Balaban J connectivity index is 2.41. The van der Waals surface area contributed by atoms with E-state index >= 15 is 0 Å². The van der Waals surface area contributed by atoms with Gasteiger partial charge in [-0.1, -0.05) is 0 Å². The van der Waals surface area contributed by atoms with Gasteiger partial charge in [-0.25, -0.2) is 4.79 Å². The average molecular weight is 375 g/mol. The number of benzene rings is 1. The second-order valence-corrected chi connectivity index (χ2v) is 6.30. The van der Waals surface area contributed by atoms with E-state index in [1.54, 1.807) is 20.8 Å². The van der Waals surface area contributed by atoms with Crippen LogP contribution in [0.4, 0.5) is 23.7 Å². The number of anilines is 1. The van der Waals surface area contributed by atoms with Crippen molar-refractivity contribution in [2.75, 3.05) is 5.32 Å². The maximum absolute atomic E-state index is 12.6. The molecule has 1 aromatic heterocycles. The molecule has 26 heavy (non-hydrogen) atoms. The lowest BCUT2D eigenvalue weighted by Gasteiger charge is -2.20. The molecule has 0 saturated heterocycles. The monoisotopic (exact) mass is 375 g/mol. The van der Waals surface area contributed by atoms with E-state index in [1.165, 1.54) is 12.3 Å². The molecule has 11 heteroatoms. The first kappa shape index (κ1) is 19.3. The van der Waals surface area contributed by atoms with Crippen LogP contribution in [0.3, 0.4) is 0 Å². The maximum atomic E-state index is 12.6. The third kappa shape index (κ3) is 5.53. The largest absolute Gasteiger partial charge is 0.573 e. The topological polar surface area (TPSA) is 103 Å². The van der Waals surface area contributed by atoms with Crippen LogP contribution < -0.4 is 10.1 Å². The van der Waals surface area contributed by atoms with Crippen molar-refractivity contribution in [1.82, 2.24) is 9.78 Å². The van der Waals surface area contributed by atoms with Gasteiger partial charge >= 0.3 is 18.4 Å². The first-order valence-electron chi connectivity index (χ1n) is 7.31. The number of carbonyl (C=O) groups is 2.